The minimum Gasteiger partial charge on any atom is -0.423 e. The summed E-state index contributed by atoms with van der Waals surface area (Å²) in [7, 11) is -4.50. The minimum atomic E-state index is -4.50. The maximum atomic E-state index is 11.9. The zero-order valence-electron chi connectivity index (χ0n) is 18.0. The van der Waals surface area contributed by atoms with Crippen LogP contribution in [0, 0.1) is 0 Å². The fraction of sp³-hybridized carbons (Fsp3) is 0.579. The van der Waals surface area contributed by atoms with Gasteiger partial charge in [0.2, 0.25) is 5.91 Å². The van der Waals surface area contributed by atoms with Gasteiger partial charge in [0, 0.05) is 13.5 Å². The first-order chi connectivity index (χ1) is 15.6. The molecule has 33 heavy (non-hydrogen) atoms. The Morgan fingerprint density at radius 2 is 1.33 bits per heavy atom. The van der Waals surface area contributed by atoms with Gasteiger partial charge in [-0.15, -0.1) is 0 Å². The summed E-state index contributed by atoms with van der Waals surface area (Å²) in [6, 6.07) is 1.84. The van der Waals surface area contributed by atoms with Gasteiger partial charge in [0.1, 0.15) is 0 Å². The second-order valence-corrected chi connectivity index (χ2v) is 8.58. The molecule has 188 valence electrons. The Hall–Kier alpha value is -1.51. The number of amides is 1. The highest BCUT2D eigenvalue weighted by atomic mass is 35.5. The molecule has 2 N–H and O–H groups in total. The first-order valence-corrected chi connectivity index (χ1v) is 12.0. The molecule has 1 aromatic rings. The lowest BCUT2D eigenvalue weighted by Crippen LogP contribution is -2.25. The van der Waals surface area contributed by atoms with Crippen molar-refractivity contribution >= 4 is 45.2 Å². The predicted molar refractivity (Wildman–Crippen MR) is 118 cm³/mol. The molecule has 0 aliphatic carbocycles. The number of carbonyl (C=O) groups is 2. The van der Waals surface area contributed by atoms with Crippen LogP contribution in [0.4, 0.5) is 0 Å². The third-order valence-corrected chi connectivity index (χ3v) is 5.07. The molecule has 0 saturated heterocycles. The highest BCUT2D eigenvalue weighted by molar-refractivity contribution is 7.85. The molecule has 0 saturated carbocycles. The molecule has 0 fully saturated rings. The van der Waals surface area contributed by atoms with Crippen LogP contribution < -0.4 is 10.1 Å². The smallest absolute Gasteiger partial charge is 0.313 e. The number of esters is 1. The van der Waals surface area contributed by atoms with Crippen LogP contribution in [-0.2, 0) is 38.7 Å². The van der Waals surface area contributed by atoms with E-state index < -0.39 is 21.0 Å². The van der Waals surface area contributed by atoms with Crippen molar-refractivity contribution in [2.75, 3.05) is 59.4 Å². The summed E-state index contributed by atoms with van der Waals surface area (Å²) in [4.78, 5) is 22.0. The normalized spacial score (nSPS) is 11.4. The van der Waals surface area contributed by atoms with Crippen LogP contribution in [0.25, 0.3) is 0 Å². The van der Waals surface area contributed by atoms with E-state index in [2.05, 4.69) is 5.32 Å². The second kappa shape index (κ2) is 16.2. The zero-order chi connectivity index (χ0) is 24.7. The lowest BCUT2D eigenvalue weighted by molar-refractivity contribution is -0.135. The molecule has 14 heteroatoms. The van der Waals surface area contributed by atoms with Crippen LogP contribution in [-0.4, -0.2) is 84.2 Å². The summed E-state index contributed by atoms with van der Waals surface area (Å²) in [6.07, 6.45) is -0.0994. The minimum absolute atomic E-state index is 0.0624. The molecular formula is C19H27Cl2NO10S. The quantitative estimate of drug-likeness (QED) is 0.132. The van der Waals surface area contributed by atoms with Gasteiger partial charge in [-0.25, -0.2) is 0 Å². The van der Waals surface area contributed by atoms with Gasteiger partial charge in [-0.05, 0) is 12.1 Å². The zero-order valence-corrected chi connectivity index (χ0v) is 20.3. The molecule has 0 radical (unpaired) electrons. The summed E-state index contributed by atoms with van der Waals surface area (Å²) in [6.45, 7) is 4.53. The summed E-state index contributed by atoms with van der Waals surface area (Å²) in [5, 5.41) is 2.14. The second-order valence-electron chi connectivity index (χ2n) is 6.35. The summed E-state index contributed by atoms with van der Waals surface area (Å²) in [5.74, 6) is -0.999. The van der Waals surface area contributed by atoms with Crippen molar-refractivity contribution in [2.24, 2.45) is 0 Å². The van der Waals surface area contributed by atoms with E-state index in [-0.39, 0.29) is 41.3 Å². The van der Waals surface area contributed by atoms with Gasteiger partial charge < -0.3 is 29.0 Å². The van der Waals surface area contributed by atoms with E-state index in [4.69, 9.17) is 51.4 Å². The van der Waals surface area contributed by atoms with Crippen molar-refractivity contribution in [3.63, 3.8) is 0 Å². The average Bonchev–Trinajstić information content (AvgIpc) is 2.72. The number of carbonyl (C=O) groups excluding carboxylic acids is 2. The monoisotopic (exact) mass is 531 g/mol. The Bertz CT molecular complexity index is 843. The van der Waals surface area contributed by atoms with Crippen molar-refractivity contribution in [3.05, 3.63) is 22.2 Å². The van der Waals surface area contributed by atoms with Crippen LogP contribution in [0.5, 0.6) is 5.75 Å². The standard InChI is InChI=1S/C19H27Cl2NO10S/c1-14(23)22-3-5-29-7-9-31-11-10-30-8-6-28-4-2-18(24)32-19-16(20)12-15(13-17(19)21)33(25,26)27/h12-13H,2-11H2,1H3,(H,22,23)(H,25,26,27). The molecule has 0 heterocycles. The van der Waals surface area contributed by atoms with Crippen molar-refractivity contribution in [1.29, 1.82) is 0 Å². The van der Waals surface area contributed by atoms with Gasteiger partial charge in [-0.1, -0.05) is 23.2 Å². The molecule has 1 aromatic carbocycles. The van der Waals surface area contributed by atoms with Gasteiger partial charge in [0.05, 0.1) is 74.2 Å². The largest absolute Gasteiger partial charge is 0.423 e. The Morgan fingerprint density at radius 3 is 1.79 bits per heavy atom. The number of ether oxygens (including phenoxy) is 5. The molecule has 0 atom stereocenters. The number of halogens is 2. The maximum absolute atomic E-state index is 11.9. The van der Waals surface area contributed by atoms with Crippen LogP contribution in [0.2, 0.25) is 10.0 Å². The summed E-state index contributed by atoms with van der Waals surface area (Å²) < 4.78 is 57.5. The maximum Gasteiger partial charge on any atom is 0.313 e. The Balaban J connectivity index is 2.05. The van der Waals surface area contributed by atoms with Gasteiger partial charge in [0.15, 0.2) is 5.75 Å². The van der Waals surface area contributed by atoms with E-state index in [1.165, 1.54) is 6.92 Å². The fourth-order valence-corrected chi connectivity index (χ4v) is 3.39. The topological polar surface area (TPSA) is 147 Å². The van der Waals surface area contributed by atoms with Crippen LogP contribution >= 0.6 is 23.2 Å². The van der Waals surface area contributed by atoms with Gasteiger partial charge in [-0.2, -0.15) is 8.42 Å². The van der Waals surface area contributed by atoms with E-state index in [1.54, 1.807) is 0 Å². The highest BCUT2D eigenvalue weighted by Gasteiger charge is 2.18. The molecule has 0 aromatic heterocycles. The van der Waals surface area contributed by atoms with E-state index in [0.717, 1.165) is 12.1 Å². The molecule has 0 aliphatic rings. The fourth-order valence-electron chi connectivity index (χ4n) is 2.16. The van der Waals surface area contributed by atoms with Crippen molar-refractivity contribution in [2.45, 2.75) is 18.2 Å². The molecule has 0 spiro atoms. The Morgan fingerprint density at radius 1 is 0.879 bits per heavy atom. The first-order valence-electron chi connectivity index (χ1n) is 9.84. The van der Waals surface area contributed by atoms with E-state index >= 15 is 0 Å². The Labute approximate surface area is 202 Å². The van der Waals surface area contributed by atoms with Gasteiger partial charge in [0.25, 0.3) is 10.1 Å². The lowest BCUT2D eigenvalue weighted by atomic mass is 10.3. The molecule has 1 rings (SSSR count). The highest BCUT2D eigenvalue weighted by Crippen LogP contribution is 2.35. The van der Waals surface area contributed by atoms with Crippen LogP contribution in [0.15, 0.2) is 17.0 Å². The summed E-state index contributed by atoms with van der Waals surface area (Å²) in [5.41, 5.74) is 0. The molecule has 11 nitrogen and oxygen atoms in total. The molecule has 1 amide bonds. The number of hydrogen-bond donors (Lipinski definition) is 2. The molecule has 0 unspecified atom stereocenters. The number of benzene rings is 1. The third kappa shape index (κ3) is 13.7. The first kappa shape index (κ1) is 29.5. The predicted octanol–water partition coefficient (Wildman–Crippen LogP) is 1.74. The number of hydrogen-bond acceptors (Lipinski definition) is 9. The van der Waals surface area contributed by atoms with Crippen LogP contribution in [0.3, 0.4) is 0 Å². The van der Waals surface area contributed by atoms with Gasteiger partial charge in [-0.3, -0.25) is 14.1 Å². The van der Waals surface area contributed by atoms with Crippen molar-refractivity contribution in [1.82, 2.24) is 5.32 Å². The lowest BCUT2D eigenvalue weighted by Gasteiger charge is -2.10. The van der Waals surface area contributed by atoms with Crippen LogP contribution in [0.1, 0.15) is 13.3 Å². The molecule has 0 bridgehead atoms. The average molecular weight is 532 g/mol. The number of nitrogens with one attached hydrogen (secondary N) is 1. The SMILES string of the molecule is CC(=O)NCCOCCOCCOCCOCCC(=O)Oc1c(Cl)cc(S(=O)(=O)O)cc1Cl. The van der Waals surface area contributed by atoms with Crippen molar-refractivity contribution < 1.29 is 46.2 Å². The van der Waals surface area contributed by atoms with E-state index in [0.29, 0.717) is 46.2 Å². The third-order valence-electron chi connectivity index (χ3n) is 3.67. The molecular weight excluding hydrogens is 505 g/mol. The van der Waals surface area contributed by atoms with E-state index in [1.807, 2.05) is 0 Å². The Kier molecular flexibility index (Phi) is 14.5. The summed E-state index contributed by atoms with van der Waals surface area (Å²) >= 11 is 11.7. The number of rotatable bonds is 17. The molecule has 0 aliphatic heterocycles. The van der Waals surface area contributed by atoms with Gasteiger partial charge >= 0.3 is 5.97 Å². The van der Waals surface area contributed by atoms with Crippen molar-refractivity contribution in [3.8, 4) is 5.75 Å². The van der Waals surface area contributed by atoms with E-state index in [9.17, 15) is 18.0 Å².